The molecule has 0 fully saturated rings. The maximum absolute atomic E-state index is 12.4. The van der Waals surface area contributed by atoms with Crippen LogP contribution in [-0.4, -0.2) is 17.4 Å². The number of hydrogen-bond donors (Lipinski definition) is 1. The van der Waals surface area contributed by atoms with Crippen LogP contribution >= 0.6 is 0 Å². The Bertz CT molecular complexity index is 403. The molecule has 1 aromatic rings. The number of amides is 1. The van der Waals surface area contributed by atoms with Crippen molar-refractivity contribution in [1.29, 1.82) is 0 Å². The van der Waals surface area contributed by atoms with Gasteiger partial charge in [-0.1, -0.05) is 44.5 Å². The molecule has 3 heteroatoms. The quantitative estimate of drug-likeness (QED) is 0.821. The van der Waals surface area contributed by atoms with E-state index < -0.39 is 0 Å². The van der Waals surface area contributed by atoms with Gasteiger partial charge in [0, 0.05) is 25.6 Å². The Morgan fingerprint density at radius 2 is 1.89 bits per heavy atom. The second kappa shape index (κ2) is 7.95. The summed E-state index contributed by atoms with van der Waals surface area (Å²) in [6.45, 7) is 8.09. The average molecular weight is 262 g/mol. The number of carbonyl (C=O) groups excluding carboxylic acids is 1. The van der Waals surface area contributed by atoms with Gasteiger partial charge in [0.2, 0.25) is 5.91 Å². The van der Waals surface area contributed by atoms with Crippen molar-refractivity contribution in [3.8, 4) is 0 Å². The van der Waals surface area contributed by atoms with Gasteiger partial charge in [-0.05, 0) is 24.5 Å². The van der Waals surface area contributed by atoms with Gasteiger partial charge in [-0.25, -0.2) is 0 Å². The lowest BCUT2D eigenvalue weighted by Gasteiger charge is -2.25. The fraction of sp³-hybridized carbons (Fsp3) is 0.562. The van der Waals surface area contributed by atoms with Crippen LogP contribution in [0.25, 0.3) is 0 Å². The van der Waals surface area contributed by atoms with Gasteiger partial charge in [-0.2, -0.15) is 0 Å². The second-order valence-electron chi connectivity index (χ2n) is 5.01. The molecule has 0 aliphatic heterocycles. The van der Waals surface area contributed by atoms with E-state index in [9.17, 15) is 4.79 Å². The first-order valence-corrected chi connectivity index (χ1v) is 7.19. The minimum Gasteiger partial charge on any atom is -0.338 e. The minimum atomic E-state index is 0.106. The lowest BCUT2D eigenvalue weighted by molar-refractivity contribution is -0.135. The molecule has 0 saturated carbocycles. The summed E-state index contributed by atoms with van der Waals surface area (Å²) >= 11 is 0. The number of benzene rings is 1. The highest BCUT2D eigenvalue weighted by Gasteiger charge is 2.19. The van der Waals surface area contributed by atoms with Crippen molar-refractivity contribution in [3.05, 3.63) is 35.4 Å². The molecule has 1 amide bonds. The Morgan fingerprint density at radius 1 is 1.26 bits per heavy atom. The van der Waals surface area contributed by atoms with E-state index in [2.05, 4.69) is 13.0 Å². The summed E-state index contributed by atoms with van der Waals surface area (Å²) < 4.78 is 0. The predicted octanol–water partition coefficient (Wildman–Crippen LogP) is 2.93. The van der Waals surface area contributed by atoms with Gasteiger partial charge >= 0.3 is 0 Å². The van der Waals surface area contributed by atoms with Gasteiger partial charge in [-0.15, -0.1) is 0 Å². The summed E-state index contributed by atoms with van der Waals surface area (Å²) in [4.78, 5) is 14.3. The van der Waals surface area contributed by atoms with E-state index in [4.69, 9.17) is 5.73 Å². The summed E-state index contributed by atoms with van der Waals surface area (Å²) in [7, 11) is 0. The van der Waals surface area contributed by atoms with Crippen LogP contribution in [-0.2, 0) is 17.9 Å². The third-order valence-electron chi connectivity index (χ3n) is 3.54. The van der Waals surface area contributed by atoms with Crippen LogP contribution in [0, 0.1) is 5.92 Å². The van der Waals surface area contributed by atoms with E-state index in [1.807, 2.05) is 36.9 Å². The molecule has 106 valence electrons. The molecular weight excluding hydrogens is 236 g/mol. The van der Waals surface area contributed by atoms with Crippen LogP contribution in [0.15, 0.2) is 24.3 Å². The molecule has 19 heavy (non-hydrogen) atoms. The van der Waals surface area contributed by atoms with Crippen LogP contribution in [0.2, 0.25) is 0 Å². The highest BCUT2D eigenvalue weighted by atomic mass is 16.2. The molecule has 0 bridgehead atoms. The molecule has 0 spiro atoms. The van der Waals surface area contributed by atoms with E-state index in [1.54, 1.807) is 0 Å². The predicted molar refractivity (Wildman–Crippen MR) is 79.5 cm³/mol. The van der Waals surface area contributed by atoms with Crippen molar-refractivity contribution >= 4 is 5.91 Å². The Balaban J connectivity index is 2.78. The van der Waals surface area contributed by atoms with E-state index in [0.717, 1.165) is 30.5 Å². The molecule has 0 saturated heterocycles. The first kappa shape index (κ1) is 15.7. The molecule has 1 aromatic carbocycles. The second-order valence-corrected chi connectivity index (χ2v) is 5.01. The van der Waals surface area contributed by atoms with Gasteiger partial charge in [0.15, 0.2) is 0 Å². The molecule has 1 rings (SSSR count). The van der Waals surface area contributed by atoms with Gasteiger partial charge in [0.25, 0.3) is 0 Å². The zero-order valence-corrected chi connectivity index (χ0v) is 12.4. The van der Waals surface area contributed by atoms with E-state index in [1.165, 1.54) is 0 Å². The number of hydrogen-bond acceptors (Lipinski definition) is 2. The van der Waals surface area contributed by atoms with Crippen LogP contribution in [0.3, 0.4) is 0 Å². The minimum absolute atomic E-state index is 0.106. The standard InChI is InChI=1S/C16H26N2O/c1-4-8-13(3)16(19)18(5-2)12-15-10-7-6-9-14(15)11-17/h6-7,9-10,13H,4-5,8,11-12,17H2,1-3H3. The summed E-state index contributed by atoms with van der Waals surface area (Å²) in [5, 5.41) is 0. The van der Waals surface area contributed by atoms with E-state index in [-0.39, 0.29) is 11.8 Å². The maximum Gasteiger partial charge on any atom is 0.225 e. The lowest BCUT2D eigenvalue weighted by atomic mass is 10.0. The molecule has 0 radical (unpaired) electrons. The molecule has 3 nitrogen and oxygen atoms in total. The first-order valence-electron chi connectivity index (χ1n) is 7.19. The average Bonchev–Trinajstić information content (AvgIpc) is 2.44. The van der Waals surface area contributed by atoms with Crippen molar-refractivity contribution in [1.82, 2.24) is 4.90 Å². The largest absolute Gasteiger partial charge is 0.338 e. The zero-order chi connectivity index (χ0) is 14.3. The molecule has 0 aromatic heterocycles. The van der Waals surface area contributed by atoms with Crippen LogP contribution in [0.5, 0.6) is 0 Å². The van der Waals surface area contributed by atoms with E-state index >= 15 is 0 Å². The third kappa shape index (κ3) is 4.35. The Labute approximate surface area is 116 Å². The Morgan fingerprint density at radius 3 is 2.42 bits per heavy atom. The summed E-state index contributed by atoms with van der Waals surface area (Å²) in [5.74, 6) is 0.353. The normalized spacial score (nSPS) is 12.2. The van der Waals surface area contributed by atoms with Crippen LogP contribution < -0.4 is 5.73 Å². The molecule has 0 aliphatic rings. The molecule has 2 N–H and O–H groups in total. The highest BCUT2D eigenvalue weighted by molar-refractivity contribution is 5.78. The van der Waals surface area contributed by atoms with Crippen molar-refractivity contribution in [2.45, 2.75) is 46.7 Å². The van der Waals surface area contributed by atoms with Crippen molar-refractivity contribution < 1.29 is 4.79 Å². The number of nitrogens with two attached hydrogens (primary N) is 1. The molecule has 1 unspecified atom stereocenters. The van der Waals surface area contributed by atoms with Crippen LogP contribution in [0.4, 0.5) is 0 Å². The van der Waals surface area contributed by atoms with Gasteiger partial charge < -0.3 is 10.6 Å². The van der Waals surface area contributed by atoms with Crippen LogP contribution in [0.1, 0.15) is 44.7 Å². The first-order chi connectivity index (χ1) is 9.13. The molecule has 0 heterocycles. The highest BCUT2D eigenvalue weighted by Crippen LogP contribution is 2.15. The molecular formula is C16H26N2O. The molecule has 0 aliphatic carbocycles. The Hall–Kier alpha value is -1.35. The third-order valence-corrected chi connectivity index (χ3v) is 3.54. The topological polar surface area (TPSA) is 46.3 Å². The smallest absolute Gasteiger partial charge is 0.225 e. The summed E-state index contributed by atoms with van der Waals surface area (Å²) in [5.41, 5.74) is 8.03. The number of carbonyl (C=O) groups is 1. The zero-order valence-electron chi connectivity index (χ0n) is 12.4. The van der Waals surface area contributed by atoms with Crippen molar-refractivity contribution in [3.63, 3.8) is 0 Å². The van der Waals surface area contributed by atoms with Gasteiger partial charge in [0.05, 0.1) is 0 Å². The Kier molecular flexibility index (Phi) is 6.57. The monoisotopic (exact) mass is 262 g/mol. The summed E-state index contributed by atoms with van der Waals surface area (Å²) in [6.07, 6.45) is 2.00. The number of rotatable bonds is 7. The molecule has 1 atom stereocenters. The summed E-state index contributed by atoms with van der Waals surface area (Å²) in [6, 6.07) is 8.08. The van der Waals surface area contributed by atoms with Gasteiger partial charge in [0.1, 0.15) is 0 Å². The lowest BCUT2D eigenvalue weighted by Crippen LogP contribution is -2.34. The van der Waals surface area contributed by atoms with Crippen molar-refractivity contribution in [2.75, 3.05) is 6.54 Å². The van der Waals surface area contributed by atoms with Crippen molar-refractivity contribution in [2.24, 2.45) is 11.7 Å². The SMILES string of the molecule is CCCC(C)C(=O)N(CC)Cc1ccccc1CN. The fourth-order valence-electron chi connectivity index (χ4n) is 2.33. The number of nitrogens with zero attached hydrogens (tertiary/aromatic N) is 1. The maximum atomic E-state index is 12.4. The fourth-order valence-corrected chi connectivity index (χ4v) is 2.33. The van der Waals surface area contributed by atoms with Gasteiger partial charge in [-0.3, -0.25) is 4.79 Å². The van der Waals surface area contributed by atoms with E-state index in [0.29, 0.717) is 13.1 Å².